The monoisotopic (exact) mass is 420 g/mol. The molecule has 0 radical (unpaired) electrons. The predicted octanol–water partition coefficient (Wildman–Crippen LogP) is 5.57. The minimum atomic E-state index is 0.0296. The van der Waals surface area contributed by atoms with Crippen molar-refractivity contribution in [3.63, 3.8) is 0 Å². The summed E-state index contributed by atoms with van der Waals surface area (Å²) in [6.45, 7) is 0.760. The van der Waals surface area contributed by atoms with E-state index in [1.54, 1.807) is 28.9 Å². The molecule has 1 aromatic carbocycles. The zero-order valence-electron chi connectivity index (χ0n) is 15.8. The van der Waals surface area contributed by atoms with Crippen LogP contribution in [0.4, 0.5) is 0 Å². The number of fused-ring (bicyclic) bond motifs is 1. The van der Waals surface area contributed by atoms with Gasteiger partial charge < -0.3 is 9.32 Å². The average Bonchev–Trinajstić information content (AvgIpc) is 3.53. The van der Waals surface area contributed by atoms with Gasteiger partial charge in [0, 0.05) is 34.7 Å². The fourth-order valence-electron chi connectivity index (χ4n) is 3.86. The molecular weight excluding hydrogens is 400 g/mol. The Hall–Kier alpha value is -2.70. The Morgan fingerprint density at radius 3 is 2.83 bits per heavy atom. The van der Waals surface area contributed by atoms with E-state index in [2.05, 4.69) is 33.9 Å². The van der Waals surface area contributed by atoms with Crippen LogP contribution in [0.2, 0.25) is 0 Å². The second-order valence-corrected chi connectivity index (χ2v) is 9.02. The van der Waals surface area contributed by atoms with Crippen LogP contribution in [0.15, 0.2) is 69.9 Å². The quantitative estimate of drug-likeness (QED) is 0.424. The first kappa shape index (κ1) is 18.3. The molecule has 3 aromatic heterocycles. The molecular formula is C23H20N2O2S2. The van der Waals surface area contributed by atoms with Crippen LogP contribution in [-0.4, -0.2) is 22.3 Å². The highest BCUT2D eigenvalue weighted by atomic mass is 32.1. The normalized spacial score (nSPS) is 16.0. The van der Waals surface area contributed by atoms with E-state index in [9.17, 15) is 4.79 Å². The number of aryl methyl sites for hydroxylation is 1. The number of benzene rings is 1. The first-order chi connectivity index (χ1) is 14.3. The molecule has 5 rings (SSSR count). The van der Waals surface area contributed by atoms with Gasteiger partial charge in [-0.15, -0.1) is 22.7 Å². The predicted molar refractivity (Wildman–Crippen MR) is 116 cm³/mol. The van der Waals surface area contributed by atoms with Crippen LogP contribution in [-0.2, 0) is 17.6 Å². The number of hydrogen-bond donors (Lipinski definition) is 0. The summed E-state index contributed by atoms with van der Waals surface area (Å²) in [6, 6.07) is 16.3. The van der Waals surface area contributed by atoms with E-state index < -0.39 is 0 Å². The number of aromatic nitrogens is 1. The van der Waals surface area contributed by atoms with Crippen molar-refractivity contribution in [2.45, 2.75) is 25.3 Å². The minimum Gasteiger partial charge on any atom is -0.441 e. The third-order valence-electron chi connectivity index (χ3n) is 5.26. The molecule has 1 aliphatic rings. The number of thiophene rings is 2. The number of hydrogen-bond acceptors (Lipinski definition) is 5. The van der Waals surface area contributed by atoms with Gasteiger partial charge in [-0.3, -0.25) is 4.79 Å². The molecule has 0 bridgehead atoms. The number of carbonyl (C=O) groups excluding carboxylic acids is 1. The lowest BCUT2D eigenvalue weighted by Crippen LogP contribution is -2.39. The van der Waals surface area contributed by atoms with Gasteiger partial charge in [0.15, 0.2) is 11.7 Å². The highest BCUT2D eigenvalue weighted by molar-refractivity contribution is 7.10. The summed E-state index contributed by atoms with van der Waals surface area (Å²) < 4.78 is 5.87. The molecule has 4 aromatic rings. The smallest absolute Gasteiger partial charge is 0.223 e. The van der Waals surface area contributed by atoms with Crippen molar-refractivity contribution in [3.05, 3.63) is 86.7 Å². The van der Waals surface area contributed by atoms with Crippen molar-refractivity contribution in [1.29, 1.82) is 0 Å². The van der Waals surface area contributed by atoms with Gasteiger partial charge in [-0.05, 0) is 34.9 Å². The SMILES string of the molecule is O=C(CCc1ncc(-c2ccccc2)o1)N1CCc2sccc2[C@H]1c1cccs1. The lowest BCUT2D eigenvalue weighted by molar-refractivity contribution is -0.133. The zero-order valence-corrected chi connectivity index (χ0v) is 17.4. The molecule has 0 unspecified atom stereocenters. The maximum Gasteiger partial charge on any atom is 0.223 e. The minimum absolute atomic E-state index is 0.0296. The van der Waals surface area contributed by atoms with Crippen LogP contribution in [0.5, 0.6) is 0 Å². The van der Waals surface area contributed by atoms with E-state index in [1.807, 2.05) is 35.2 Å². The molecule has 4 nitrogen and oxygen atoms in total. The summed E-state index contributed by atoms with van der Waals surface area (Å²) in [4.78, 5) is 22.2. The van der Waals surface area contributed by atoms with Gasteiger partial charge in [0.2, 0.25) is 5.91 Å². The molecule has 1 amide bonds. The van der Waals surface area contributed by atoms with Crippen LogP contribution in [0, 0.1) is 0 Å². The molecule has 0 fully saturated rings. The number of rotatable bonds is 5. The van der Waals surface area contributed by atoms with E-state index in [4.69, 9.17) is 4.42 Å². The molecule has 0 saturated heterocycles. The third-order valence-corrected chi connectivity index (χ3v) is 7.18. The Morgan fingerprint density at radius 1 is 1.10 bits per heavy atom. The molecule has 0 saturated carbocycles. The summed E-state index contributed by atoms with van der Waals surface area (Å²) in [7, 11) is 0. The Labute approximate surface area is 177 Å². The van der Waals surface area contributed by atoms with Gasteiger partial charge in [-0.1, -0.05) is 36.4 Å². The molecule has 6 heteroatoms. The summed E-state index contributed by atoms with van der Waals surface area (Å²) in [5, 5.41) is 4.22. The van der Waals surface area contributed by atoms with Gasteiger partial charge in [-0.25, -0.2) is 4.98 Å². The molecule has 146 valence electrons. The van der Waals surface area contributed by atoms with Gasteiger partial charge in [0.1, 0.15) is 0 Å². The van der Waals surface area contributed by atoms with E-state index in [0.29, 0.717) is 18.7 Å². The molecule has 29 heavy (non-hydrogen) atoms. The van der Waals surface area contributed by atoms with Crippen LogP contribution in [0.1, 0.15) is 33.7 Å². The topological polar surface area (TPSA) is 46.3 Å². The van der Waals surface area contributed by atoms with Crippen LogP contribution >= 0.6 is 22.7 Å². The number of amides is 1. The average molecular weight is 421 g/mol. The Kier molecular flexibility index (Phi) is 5.04. The maximum atomic E-state index is 13.2. The van der Waals surface area contributed by atoms with E-state index in [1.165, 1.54) is 15.3 Å². The van der Waals surface area contributed by atoms with E-state index in [0.717, 1.165) is 24.3 Å². The number of carbonyl (C=O) groups is 1. The lowest BCUT2D eigenvalue weighted by atomic mass is 9.98. The molecule has 0 aliphatic carbocycles. The number of oxazole rings is 1. The fraction of sp³-hybridized carbons (Fsp3) is 0.217. The van der Waals surface area contributed by atoms with Gasteiger partial charge in [0.05, 0.1) is 12.2 Å². The largest absolute Gasteiger partial charge is 0.441 e. The van der Waals surface area contributed by atoms with Crippen molar-refractivity contribution in [1.82, 2.24) is 9.88 Å². The summed E-state index contributed by atoms with van der Waals surface area (Å²) in [6.07, 6.45) is 3.58. The van der Waals surface area contributed by atoms with Crippen molar-refractivity contribution in [3.8, 4) is 11.3 Å². The van der Waals surface area contributed by atoms with Gasteiger partial charge >= 0.3 is 0 Å². The van der Waals surface area contributed by atoms with Gasteiger partial charge in [0.25, 0.3) is 0 Å². The fourth-order valence-corrected chi connectivity index (χ4v) is 5.62. The first-order valence-corrected chi connectivity index (χ1v) is 11.4. The van der Waals surface area contributed by atoms with Crippen molar-refractivity contribution >= 4 is 28.6 Å². The molecule has 0 N–H and O–H groups in total. The Balaban J connectivity index is 1.31. The van der Waals surface area contributed by atoms with Crippen LogP contribution < -0.4 is 0 Å². The van der Waals surface area contributed by atoms with Crippen molar-refractivity contribution in [2.24, 2.45) is 0 Å². The Bertz CT molecular complexity index is 1100. The van der Waals surface area contributed by atoms with Crippen LogP contribution in [0.25, 0.3) is 11.3 Å². The number of nitrogens with zero attached hydrogens (tertiary/aromatic N) is 2. The second-order valence-electron chi connectivity index (χ2n) is 7.04. The lowest BCUT2D eigenvalue weighted by Gasteiger charge is -2.35. The maximum absolute atomic E-state index is 13.2. The highest BCUT2D eigenvalue weighted by Gasteiger charge is 2.33. The Morgan fingerprint density at radius 2 is 2.00 bits per heavy atom. The second kappa shape index (κ2) is 7.97. The van der Waals surface area contributed by atoms with Gasteiger partial charge in [-0.2, -0.15) is 0 Å². The van der Waals surface area contributed by atoms with Crippen molar-refractivity contribution < 1.29 is 9.21 Å². The molecule has 1 aliphatic heterocycles. The first-order valence-electron chi connectivity index (χ1n) is 9.69. The van der Waals surface area contributed by atoms with E-state index in [-0.39, 0.29) is 11.9 Å². The molecule has 4 heterocycles. The summed E-state index contributed by atoms with van der Waals surface area (Å²) >= 11 is 3.51. The van der Waals surface area contributed by atoms with E-state index >= 15 is 0 Å². The highest BCUT2D eigenvalue weighted by Crippen LogP contribution is 2.39. The molecule has 1 atom stereocenters. The van der Waals surface area contributed by atoms with Crippen molar-refractivity contribution in [2.75, 3.05) is 6.54 Å². The third kappa shape index (κ3) is 3.66. The summed E-state index contributed by atoms with van der Waals surface area (Å²) in [5.41, 5.74) is 2.27. The molecule has 0 spiro atoms. The standard InChI is InChI=1S/C23H20N2O2S2/c26-22(9-8-21-24-15-18(27-21)16-5-2-1-3-6-16)25-12-10-19-17(11-14-29-19)23(25)20-7-4-13-28-20/h1-7,11,13-15,23H,8-10,12H2/t23-/m0/s1. The summed E-state index contributed by atoms with van der Waals surface area (Å²) in [5.74, 6) is 1.50. The zero-order chi connectivity index (χ0) is 19.6. The van der Waals surface area contributed by atoms with Crippen LogP contribution in [0.3, 0.4) is 0 Å².